The van der Waals surface area contributed by atoms with Crippen molar-refractivity contribution in [1.29, 1.82) is 0 Å². The number of benzene rings is 3. The Hall–Kier alpha value is -3.02. The Morgan fingerprint density at radius 3 is 2.20 bits per heavy atom. The molecule has 0 unspecified atom stereocenters. The lowest BCUT2D eigenvalue weighted by atomic mass is 10.1. The first-order chi connectivity index (χ1) is 11.9. The number of nitrogens with one attached hydrogen (secondary N) is 1. The molecule has 0 aromatic heterocycles. The molecule has 0 aliphatic rings. The number of carbonyl (C=O) groups excluding carboxylic acids is 1. The molecule has 1 amide bonds. The second-order valence-electron chi connectivity index (χ2n) is 5.38. The summed E-state index contributed by atoms with van der Waals surface area (Å²) in [7, 11) is 0. The van der Waals surface area contributed by atoms with Crippen LogP contribution >= 0.6 is 0 Å². The fourth-order valence-corrected chi connectivity index (χ4v) is 2.45. The van der Waals surface area contributed by atoms with Crippen LogP contribution in [0.25, 0.3) is 10.8 Å². The number of halogens is 3. The van der Waals surface area contributed by atoms with Gasteiger partial charge in [0.2, 0.25) is 0 Å². The molecular formula is C19H14F3NO2. The van der Waals surface area contributed by atoms with E-state index in [0.29, 0.717) is 22.0 Å². The van der Waals surface area contributed by atoms with Crippen LogP contribution in [0.4, 0.5) is 18.9 Å². The monoisotopic (exact) mass is 345 g/mol. The summed E-state index contributed by atoms with van der Waals surface area (Å²) in [6.45, 7) is -1.37. The number of hydrogen-bond donors (Lipinski definition) is 1. The SMILES string of the molecule is O=C(Nc1ccc(OCC(F)(F)F)c2ccccc12)c1ccccc1. The Bertz CT molecular complexity index is 892. The van der Waals surface area contributed by atoms with Crippen molar-refractivity contribution in [2.75, 3.05) is 11.9 Å². The number of anilines is 1. The van der Waals surface area contributed by atoms with Gasteiger partial charge in [-0.1, -0.05) is 42.5 Å². The van der Waals surface area contributed by atoms with Gasteiger partial charge >= 0.3 is 6.18 Å². The lowest BCUT2D eigenvalue weighted by Crippen LogP contribution is -2.19. The molecule has 0 fully saturated rings. The van der Waals surface area contributed by atoms with Crippen molar-refractivity contribution >= 4 is 22.4 Å². The van der Waals surface area contributed by atoms with Crippen LogP contribution in [0.3, 0.4) is 0 Å². The van der Waals surface area contributed by atoms with Gasteiger partial charge in [-0.25, -0.2) is 0 Å². The van der Waals surface area contributed by atoms with Crippen LogP contribution in [-0.2, 0) is 0 Å². The van der Waals surface area contributed by atoms with Crippen LogP contribution in [0.1, 0.15) is 10.4 Å². The van der Waals surface area contributed by atoms with Gasteiger partial charge in [-0.15, -0.1) is 0 Å². The summed E-state index contributed by atoms with van der Waals surface area (Å²) < 4.78 is 42.1. The van der Waals surface area contributed by atoms with E-state index in [0.717, 1.165) is 0 Å². The molecule has 0 aliphatic heterocycles. The molecule has 25 heavy (non-hydrogen) atoms. The number of fused-ring (bicyclic) bond motifs is 1. The molecule has 0 bridgehead atoms. The lowest BCUT2D eigenvalue weighted by molar-refractivity contribution is -0.153. The van der Waals surface area contributed by atoms with Gasteiger partial charge in [-0.05, 0) is 24.3 Å². The highest BCUT2D eigenvalue weighted by atomic mass is 19.4. The van der Waals surface area contributed by atoms with Crippen molar-refractivity contribution in [3.05, 3.63) is 72.3 Å². The van der Waals surface area contributed by atoms with Crippen molar-refractivity contribution < 1.29 is 22.7 Å². The van der Waals surface area contributed by atoms with E-state index in [1.807, 2.05) is 0 Å². The minimum absolute atomic E-state index is 0.116. The average molecular weight is 345 g/mol. The van der Waals surface area contributed by atoms with Gasteiger partial charge in [0.25, 0.3) is 5.91 Å². The fraction of sp³-hybridized carbons (Fsp3) is 0.105. The molecule has 3 aromatic rings. The summed E-state index contributed by atoms with van der Waals surface area (Å²) in [5, 5.41) is 3.89. The molecule has 1 N–H and O–H groups in total. The van der Waals surface area contributed by atoms with Gasteiger partial charge in [0.1, 0.15) is 5.75 Å². The molecule has 128 valence electrons. The van der Waals surface area contributed by atoms with Gasteiger partial charge in [-0.3, -0.25) is 4.79 Å². The zero-order valence-electron chi connectivity index (χ0n) is 13.0. The molecule has 3 aromatic carbocycles. The van der Waals surface area contributed by atoms with Crippen molar-refractivity contribution in [3.8, 4) is 5.75 Å². The third kappa shape index (κ3) is 4.09. The zero-order chi connectivity index (χ0) is 17.9. The number of rotatable bonds is 4. The van der Waals surface area contributed by atoms with Gasteiger partial charge < -0.3 is 10.1 Å². The molecule has 3 nitrogen and oxygen atoms in total. The van der Waals surface area contributed by atoms with Crippen molar-refractivity contribution in [3.63, 3.8) is 0 Å². The van der Waals surface area contributed by atoms with Crippen LogP contribution in [0.2, 0.25) is 0 Å². The van der Waals surface area contributed by atoms with Crippen LogP contribution in [-0.4, -0.2) is 18.7 Å². The molecule has 0 heterocycles. The van der Waals surface area contributed by atoms with E-state index in [1.165, 1.54) is 12.1 Å². The second-order valence-corrected chi connectivity index (χ2v) is 5.38. The van der Waals surface area contributed by atoms with Crippen LogP contribution < -0.4 is 10.1 Å². The molecule has 3 rings (SSSR count). The Morgan fingerprint density at radius 1 is 0.880 bits per heavy atom. The van der Waals surface area contributed by atoms with E-state index in [2.05, 4.69) is 5.32 Å². The number of amides is 1. The van der Waals surface area contributed by atoms with E-state index < -0.39 is 12.8 Å². The van der Waals surface area contributed by atoms with Gasteiger partial charge in [-0.2, -0.15) is 13.2 Å². The molecule has 0 aliphatic carbocycles. The average Bonchev–Trinajstić information content (AvgIpc) is 2.61. The summed E-state index contributed by atoms with van der Waals surface area (Å²) in [5.41, 5.74) is 0.993. The summed E-state index contributed by atoms with van der Waals surface area (Å²) in [6, 6.07) is 18.4. The van der Waals surface area contributed by atoms with Crippen LogP contribution in [0.5, 0.6) is 5.75 Å². The number of hydrogen-bond acceptors (Lipinski definition) is 2. The highest BCUT2D eigenvalue weighted by Crippen LogP contribution is 2.32. The predicted octanol–water partition coefficient (Wildman–Crippen LogP) is 5.03. The third-order valence-corrected chi connectivity index (χ3v) is 3.56. The zero-order valence-corrected chi connectivity index (χ0v) is 13.0. The van der Waals surface area contributed by atoms with E-state index in [4.69, 9.17) is 4.74 Å². The second kappa shape index (κ2) is 6.84. The Kier molecular flexibility index (Phi) is 4.61. The maximum Gasteiger partial charge on any atom is 0.422 e. The highest BCUT2D eigenvalue weighted by Gasteiger charge is 2.28. The van der Waals surface area contributed by atoms with E-state index >= 15 is 0 Å². The molecule has 0 spiro atoms. The molecule has 0 saturated heterocycles. The van der Waals surface area contributed by atoms with Gasteiger partial charge in [0.05, 0.1) is 0 Å². The quantitative estimate of drug-likeness (QED) is 0.720. The van der Waals surface area contributed by atoms with E-state index in [-0.39, 0.29) is 11.7 Å². The normalized spacial score (nSPS) is 11.3. The predicted molar refractivity (Wildman–Crippen MR) is 89.9 cm³/mol. The fourth-order valence-electron chi connectivity index (χ4n) is 2.45. The minimum Gasteiger partial charge on any atom is -0.483 e. The van der Waals surface area contributed by atoms with Crippen molar-refractivity contribution in [1.82, 2.24) is 0 Å². The molecule has 6 heteroatoms. The Balaban J connectivity index is 1.91. The smallest absolute Gasteiger partial charge is 0.422 e. The summed E-state index contributed by atoms with van der Waals surface area (Å²) in [4.78, 5) is 12.3. The number of alkyl halides is 3. The van der Waals surface area contributed by atoms with Gasteiger partial charge in [0, 0.05) is 22.0 Å². The maximum absolute atomic E-state index is 12.4. The Labute approximate surface area is 142 Å². The van der Waals surface area contributed by atoms with Crippen molar-refractivity contribution in [2.45, 2.75) is 6.18 Å². The van der Waals surface area contributed by atoms with E-state index in [9.17, 15) is 18.0 Å². The molecular weight excluding hydrogens is 331 g/mol. The lowest BCUT2D eigenvalue weighted by Gasteiger charge is -2.14. The first-order valence-electron chi connectivity index (χ1n) is 7.52. The summed E-state index contributed by atoms with van der Waals surface area (Å²) >= 11 is 0. The molecule has 0 radical (unpaired) electrons. The number of carbonyl (C=O) groups is 1. The Morgan fingerprint density at radius 2 is 1.52 bits per heavy atom. The van der Waals surface area contributed by atoms with Gasteiger partial charge in [0.15, 0.2) is 6.61 Å². The highest BCUT2D eigenvalue weighted by molar-refractivity contribution is 6.10. The van der Waals surface area contributed by atoms with E-state index in [1.54, 1.807) is 54.6 Å². The van der Waals surface area contributed by atoms with Crippen LogP contribution in [0, 0.1) is 0 Å². The first-order valence-corrected chi connectivity index (χ1v) is 7.52. The topological polar surface area (TPSA) is 38.3 Å². The molecule has 0 atom stereocenters. The maximum atomic E-state index is 12.4. The molecule has 0 saturated carbocycles. The largest absolute Gasteiger partial charge is 0.483 e. The van der Waals surface area contributed by atoms with Crippen molar-refractivity contribution in [2.24, 2.45) is 0 Å². The van der Waals surface area contributed by atoms with Crippen LogP contribution in [0.15, 0.2) is 66.7 Å². The third-order valence-electron chi connectivity index (χ3n) is 3.56. The minimum atomic E-state index is -4.42. The first kappa shape index (κ1) is 16.8. The summed E-state index contributed by atoms with van der Waals surface area (Å²) in [6.07, 6.45) is -4.42. The standard InChI is InChI=1S/C19H14F3NO2/c20-19(21,22)12-25-17-11-10-16(14-8-4-5-9-15(14)17)23-18(24)13-6-2-1-3-7-13/h1-11H,12H2,(H,23,24). The number of ether oxygens (including phenoxy) is 1. The summed E-state index contributed by atoms with van der Waals surface area (Å²) in [5.74, 6) is -0.180.